The minimum atomic E-state index is -4.79. The van der Waals surface area contributed by atoms with Crippen molar-refractivity contribution in [1.29, 1.82) is 0 Å². The van der Waals surface area contributed by atoms with Crippen molar-refractivity contribution in [3.05, 3.63) is 58.5 Å². The molecular weight excluding hydrogens is 529 g/mol. The number of amides is 2. The van der Waals surface area contributed by atoms with Crippen molar-refractivity contribution in [1.82, 2.24) is 14.4 Å². The van der Waals surface area contributed by atoms with Crippen LogP contribution in [0.4, 0.5) is 23.7 Å². The predicted octanol–water partition coefficient (Wildman–Crippen LogP) is 4.20. The Balaban J connectivity index is 1.19. The summed E-state index contributed by atoms with van der Waals surface area (Å²) in [5, 5.41) is 12.2. The maximum atomic E-state index is 13.0. The molecule has 4 unspecified atom stereocenters. The third-order valence-electron chi connectivity index (χ3n) is 8.33. The van der Waals surface area contributed by atoms with Crippen LogP contribution in [0.25, 0.3) is 0 Å². The number of benzene rings is 1. The first kappa shape index (κ1) is 28.0. The Labute approximate surface area is 229 Å². The molecule has 216 valence electrons. The fourth-order valence-corrected chi connectivity index (χ4v) is 6.55. The highest BCUT2D eigenvalue weighted by atomic mass is 19.4. The largest absolute Gasteiger partial charge is 0.573 e. The average Bonchev–Trinajstić information content (AvgIpc) is 2.88. The molecular formula is C28H33F3N4O5. The van der Waals surface area contributed by atoms with Crippen molar-refractivity contribution in [2.75, 3.05) is 38.0 Å². The zero-order valence-electron chi connectivity index (χ0n) is 22.0. The molecule has 0 aliphatic carbocycles. The first-order valence-corrected chi connectivity index (χ1v) is 13.6. The van der Waals surface area contributed by atoms with Gasteiger partial charge in [-0.05, 0) is 73.9 Å². The van der Waals surface area contributed by atoms with Gasteiger partial charge in [0, 0.05) is 62.5 Å². The summed E-state index contributed by atoms with van der Waals surface area (Å²) in [7, 11) is 0. The van der Waals surface area contributed by atoms with Crippen LogP contribution in [0.2, 0.25) is 0 Å². The maximum Gasteiger partial charge on any atom is 0.573 e. The van der Waals surface area contributed by atoms with E-state index < -0.39 is 12.3 Å². The van der Waals surface area contributed by atoms with E-state index >= 15 is 0 Å². The molecule has 1 aromatic heterocycles. The average molecular weight is 563 g/mol. The number of nitrogens with zero attached hydrogens (tertiary/aromatic N) is 3. The van der Waals surface area contributed by atoms with E-state index in [1.165, 1.54) is 12.1 Å². The van der Waals surface area contributed by atoms with Crippen molar-refractivity contribution >= 4 is 17.7 Å². The van der Waals surface area contributed by atoms with Crippen molar-refractivity contribution in [2.24, 2.45) is 17.8 Å². The van der Waals surface area contributed by atoms with Gasteiger partial charge in [0.1, 0.15) is 5.75 Å². The molecule has 40 heavy (non-hydrogen) atoms. The van der Waals surface area contributed by atoms with Crippen LogP contribution in [0.15, 0.2) is 47.3 Å². The van der Waals surface area contributed by atoms with Crippen LogP contribution in [0.1, 0.15) is 37.3 Å². The van der Waals surface area contributed by atoms with E-state index in [1.807, 2.05) is 16.7 Å². The van der Waals surface area contributed by atoms with Gasteiger partial charge in [0.25, 0.3) is 5.56 Å². The van der Waals surface area contributed by atoms with E-state index in [0.29, 0.717) is 37.7 Å². The quantitative estimate of drug-likeness (QED) is 0.524. The molecule has 2 N–H and O–H groups in total. The van der Waals surface area contributed by atoms with Gasteiger partial charge in [-0.1, -0.05) is 6.07 Å². The number of fused-ring (bicyclic) bond motifs is 4. The Morgan fingerprint density at radius 3 is 2.52 bits per heavy atom. The summed E-state index contributed by atoms with van der Waals surface area (Å²) in [6.45, 7) is 4.01. The molecule has 2 aromatic rings. The first-order valence-electron chi connectivity index (χ1n) is 13.6. The Morgan fingerprint density at radius 2 is 1.80 bits per heavy atom. The number of hydrogen-bond donors (Lipinski definition) is 2. The third kappa shape index (κ3) is 6.78. The number of halogens is 3. The number of carbonyl (C=O) groups excluding carboxylic acids is 1. The number of ether oxygens (including phenoxy) is 1. The number of piperidine rings is 2. The van der Waals surface area contributed by atoms with Crippen molar-refractivity contribution in [3.63, 3.8) is 0 Å². The Hall–Kier alpha value is -3.54. The normalized spacial score (nSPS) is 24.7. The van der Waals surface area contributed by atoms with E-state index in [-0.39, 0.29) is 41.5 Å². The van der Waals surface area contributed by atoms with Crippen LogP contribution >= 0.6 is 0 Å². The SMILES string of the molecule is O=C(O)CC1CCN(C(=O)Nc2ccc(OC(F)(F)F)cc2)CC1CCN1CC2CC(C1)c1cccc(=O)n1C2. The molecule has 2 saturated heterocycles. The van der Waals surface area contributed by atoms with E-state index in [9.17, 15) is 32.7 Å². The zero-order valence-corrected chi connectivity index (χ0v) is 22.0. The number of alkyl halides is 3. The number of urea groups is 1. The van der Waals surface area contributed by atoms with E-state index in [2.05, 4.69) is 15.0 Å². The molecule has 5 rings (SSSR count). The van der Waals surface area contributed by atoms with E-state index in [1.54, 1.807) is 11.0 Å². The Bertz CT molecular complexity index is 1280. The lowest BCUT2D eigenvalue weighted by molar-refractivity contribution is -0.274. The summed E-state index contributed by atoms with van der Waals surface area (Å²) < 4.78 is 43.0. The first-order chi connectivity index (χ1) is 19.0. The van der Waals surface area contributed by atoms with Gasteiger partial charge in [0.2, 0.25) is 0 Å². The highest BCUT2D eigenvalue weighted by molar-refractivity contribution is 5.89. The molecule has 12 heteroatoms. The molecule has 2 fully saturated rings. The summed E-state index contributed by atoms with van der Waals surface area (Å²) >= 11 is 0. The van der Waals surface area contributed by atoms with Crippen LogP contribution in [-0.4, -0.2) is 70.6 Å². The number of carboxylic acid groups (broad SMARTS) is 1. The van der Waals surface area contributed by atoms with Crippen molar-refractivity contribution in [2.45, 2.75) is 44.5 Å². The standard InChI is InChI=1S/C28H33F3N4O5/c29-28(30,31)40-23-6-4-22(5-7-23)32-27(39)34-11-9-19(13-26(37)38)20(17-34)8-10-33-14-18-12-21(16-33)24-2-1-3-25(36)35(24)15-18/h1-7,18-21H,8-17H2,(H,32,39)(H,37,38). The van der Waals surface area contributed by atoms with E-state index in [0.717, 1.165) is 50.3 Å². The second-order valence-corrected chi connectivity index (χ2v) is 11.1. The summed E-state index contributed by atoms with van der Waals surface area (Å²) in [6, 6.07) is 10.0. The van der Waals surface area contributed by atoms with Gasteiger partial charge in [0.15, 0.2) is 0 Å². The number of anilines is 1. The topological polar surface area (TPSA) is 104 Å². The van der Waals surface area contributed by atoms with Gasteiger partial charge in [-0.25, -0.2) is 4.79 Å². The number of aromatic nitrogens is 1. The number of hydrogen-bond acceptors (Lipinski definition) is 5. The van der Waals surface area contributed by atoms with E-state index in [4.69, 9.17) is 0 Å². The molecule has 0 radical (unpaired) electrons. The van der Waals surface area contributed by atoms with Crippen molar-refractivity contribution in [3.8, 4) is 5.75 Å². The summed E-state index contributed by atoms with van der Waals surface area (Å²) in [5.74, 6) is -0.611. The minimum Gasteiger partial charge on any atom is -0.481 e. The second kappa shape index (κ2) is 11.5. The fraction of sp³-hybridized carbons (Fsp3) is 0.536. The lowest BCUT2D eigenvalue weighted by Crippen LogP contribution is -2.49. The van der Waals surface area contributed by atoms with Gasteiger partial charge < -0.3 is 29.5 Å². The Kier molecular flexibility index (Phi) is 8.07. The number of rotatable bonds is 7. The highest BCUT2D eigenvalue weighted by Crippen LogP contribution is 2.36. The van der Waals surface area contributed by atoms with Crippen LogP contribution in [0.5, 0.6) is 5.75 Å². The number of carbonyl (C=O) groups is 2. The minimum absolute atomic E-state index is 0.00478. The van der Waals surface area contributed by atoms with Gasteiger partial charge in [-0.2, -0.15) is 0 Å². The lowest BCUT2D eigenvalue weighted by atomic mass is 9.80. The Morgan fingerprint density at radius 1 is 1.02 bits per heavy atom. The molecule has 2 amide bonds. The summed E-state index contributed by atoms with van der Waals surface area (Å²) in [5.41, 5.74) is 1.46. The monoisotopic (exact) mass is 562 g/mol. The molecule has 0 spiro atoms. The van der Waals surface area contributed by atoms with Crippen LogP contribution in [0.3, 0.4) is 0 Å². The molecule has 4 atom stereocenters. The lowest BCUT2D eigenvalue weighted by Gasteiger charge is -2.44. The predicted molar refractivity (Wildman–Crippen MR) is 140 cm³/mol. The number of nitrogens with one attached hydrogen (secondary N) is 1. The molecule has 1 aromatic carbocycles. The number of likely N-dealkylation sites (tertiary alicyclic amines) is 2. The molecule has 0 saturated carbocycles. The number of aliphatic carboxylic acids is 1. The van der Waals surface area contributed by atoms with Gasteiger partial charge in [0.05, 0.1) is 0 Å². The molecule has 9 nitrogen and oxygen atoms in total. The molecule has 3 aliphatic heterocycles. The van der Waals surface area contributed by atoms with Gasteiger partial charge in [-0.3, -0.25) is 9.59 Å². The molecule has 4 heterocycles. The summed E-state index contributed by atoms with van der Waals surface area (Å²) in [6.07, 6.45) is -2.39. The second-order valence-electron chi connectivity index (χ2n) is 11.1. The smallest absolute Gasteiger partial charge is 0.481 e. The molecule has 3 aliphatic rings. The third-order valence-corrected chi connectivity index (χ3v) is 8.33. The van der Waals surface area contributed by atoms with Gasteiger partial charge >= 0.3 is 18.4 Å². The van der Waals surface area contributed by atoms with Crippen molar-refractivity contribution < 1.29 is 32.6 Å². The van der Waals surface area contributed by atoms with Crippen LogP contribution < -0.4 is 15.6 Å². The summed E-state index contributed by atoms with van der Waals surface area (Å²) in [4.78, 5) is 40.9. The maximum absolute atomic E-state index is 13.0. The molecule has 2 bridgehead atoms. The van der Waals surface area contributed by atoms with Crippen LogP contribution in [0, 0.1) is 17.8 Å². The fourth-order valence-electron chi connectivity index (χ4n) is 6.55. The highest BCUT2D eigenvalue weighted by Gasteiger charge is 2.37. The number of pyridine rings is 1. The van der Waals surface area contributed by atoms with Crippen LogP contribution in [-0.2, 0) is 11.3 Å². The number of carboxylic acids is 1. The van der Waals surface area contributed by atoms with Gasteiger partial charge in [-0.15, -0.1) is 13.2 Å². The zero-order chi connectivity index (χ0) is 28.4.